The van der Waals surface area contributed by atoms with Gasteiger partial charge >= 0.3 is 17.9 Å². The summed E-state index contributed by atoms with van der Waals surface area (Å²) in [4.78, 5) is 54.2. The molecule has 3 N–H and O–H groups in total. The van der Waals surface area contributed by atoms with Crippen LogP contribution in [0.5, 0.6) is 34.5 Å². The first-order chi connectivity index (χ1) is 51.0. The largest absolute Gasteiger partial charge is 0.507 e. The lowest BCUT2D eigenvalue weighted by molar-refractivity contribution is -0.152. The van der Waals surface area contributed by atoms with E-state index in [9.17, 15) is 29.7 Å². The van der Waals surface area contributed by atoms with E-state index in [2.05, 4.69) is 20.8 Å². The summed E-state index contributed by atoms with van der Waals surface area (Å²) in [6, 6.07) is 13.6. The van der Waals surface area contributed by atoms with Gasteiger partial charge in [0.25, 0.3) is 0 Å². The Morgan fingerprint density at radius 2 is 0.610 bits per heavy atom. The van der Waals surface area contributed by atoms with Crippen molar-refractivity contribution in [1.29, 1.82) is 0 Å². The molecule has 0 spiro atoms. The Bertz CT molecular complexity index is 3140. The molecule has 9 aliphatic carbocycles. The van der Waals surface area contributed by atoms with Crippen LogP contribution in [0.2, 0.25) is 0 Å². The van der Waals surface area contributed by atoms with Crippen molar-refractivity contribution < 1.29 is 58.1 Å². The molecule has 576 valence electrons. The first-order valence-electron chi connectivity index (χ1n) is 42.8. The number of hydrogen-bond donors (Lipinski definition) is 3. The summed E-state index contributed by atoms with van der Waals surface area (Å²) >= 11 is 0. The number of hydrogen-bond acceptors (Lipinski definition) is 15. The van der Waals surface area contributed by atoms with Gasteiger partial charge in [-0.05, 0) is 299 Å². The number of nitrogens with zero attached hydrogens (tertiary/aromatic N) is 3. The average molecular weight is 1450 g/mol. The molecular weight excluding hydrogens is 1310 g/mol. The molecule has 9 fully saturated rings. The van der Waals surface area contributed by atoms with E-state index >= 15 is 0 Å². The number of carbonyl (C=O) groups excluding carboxylic acids is 3. The smallest absolute Gasteiger partial charge is 0.347 e. The van der Waals surface area contributed by atoms with Crippen LogP contribution in [0.15, 0.2) is 54.6 Å². The van der Waals surface area contributed by atoms with Crippen LogP contribution >= 0.6 is 0 Å². The van der Waals surface area contributed by atoms with Crippen LogP contribution in [-0.2, 0) is 28.6 Å². The van der Waals surface area contributed by atoms with Gasteiger partial charge in [0, 0.05) is 18.2 Å². The van der Waals surface area contributed by atoms with Gasteiger partial charge in [-0.2, -0.15) is 0 Å². The second-order valence-electron chi connectivity index (χ2n) is 35.2. The maximum Gasteiger partial charge on any atom is 0.347 e. The highest BCUT2D eigenvalue weighted by Gasteiger charge is 2.47. The van der Waals surface area contributed by atoms with Crippen LogP contribution in [0.4, 0.5) is 0 Å². The van der Waals surface area contributed by atoms with Gasteiger partial charge < -0.3 is 43.7 Å². The molecule has 0 aliphatic heterocycles. The summed E-state index contributed by atoms with van der Waals surface area (Å²) in [6.45, 7) is 13.0. The van der Waals surface area contributed by atoms with E-state index in [1.807, 2.05) is 0 Å². The molecule has 3 aromatic carbocycles. The number of carbonyl (C=O) groups is 3. The minimum absolute atomic E-state index is 0.00796. The van der Waals surface area contributed by atoms with E-state index in [1.54, 1.807) is 57.2 Å². The lowest BCUT2D eigenvalue weighted by Gasteiger charge is -2.20. The zero-order chi connectivity index (χ0) is 73.1. The molecule has 0 amide bonds. The maximum atomic E-state index is 13.3. The predicted molar refractivity (Wildman–Crippen MR) is 410 cm³/mol. The highest BCUT2D eigenvalue weighted by Crippen LogP contribution is 2.57. The molecule has 0 bridgehead atoms. The normalized spacial score (nSPS) is 31.1. The molecule has 9 aliphatic rings. The number of aromatic hydroxyl groups is 3. The predicted octanol–water partition coefficient (Wildman–Crippen LogP) is 21.2. The van der Waals surface area contributed by atoms with Crippen LogP contribution in [-0.4, -0.2) is 86.3 Å². The fraction of sp³-hybridized carbons (Fsp3) is 0.733. The third-order valence-electron chi connectivity index (χ3n) is 28.9. The molecule has 15 nitrogen and oxygen atoms in total. The lowest BCUT2D eigenvalue weighted by Crippen LogP contribution is -2.26. The van der Waals surface area contributed by atoms with Crippen molar-refractivity contribution in [1.82, 2.24) is 15.0 Å². The zero-order valence-electron chi connectivity index (χ0n) is 64.8. The van der Waals surface area contributed by atoms with E-state index in [0.717, 1.165) is 127 Å². The van der Waals surface area contributed by atoms with Crippen LogP contribution in [0.1, 0.15) is 273 Å². The summed E-state index contributed by atoms with van der Waals surface area (Å²) in [7, 11) is 0. The summed E-state index contributed by atoms with van der Waals surface area (Å²) in [6.07, 6.45) is 44.1. The van der Waals surface area contributed by atoms with E-state index in [0.29, 0.717) is 37.6 Å². The van der Waals surface area contributed by atoms with Gasteiger partial charge in [-0.3, -0.25) is 0 Å². The van der Waals surface area contributed by atoms with E-state index in [1.165, 1.54) is 211 Å². The molecule has 15 heteroatoms. The van der Waals surface area contributed by atoms with Crippen molar-refractivity contribution in [3.63, 3.8) is 0 Å². The molecule has 0 saturated heterocycles. The van der Waals surface area contributed by atoms with E-state index in [-0.39, 0.29) is 68.7 Å². The van der Waals surface area contributed by atoms with Crippen molar-refractivity contribution in [2.45, 2.75) is 291 Å². The highest BCUT2D eigenvalue weighted by atomic mass is 16.6. The molecule has 1 heterocycles. The number of rotatable bonds is 36. The average Bonchev–Trinajstić information content (AvgIpc) is 1.72. The topological polar surface area (TPSA) is 206 Å². The van der Waals surface area contributed by atoms with Gasteiger partial charge in [-0.1, -0.05) is 117 Å². The van der Waals surface area contributed by atoms with Crippen molar-refractivity contribution >= 4 is 17.9 Å². The van der Waals surface area contributed by atoms with Gasteiger partial charge in [0.05, 0.1) is 36.5 Å². The molecule has 0 radical (unpaired) electrons. The first-order valence-corrected chi connectivity index (χ1v) is 42.8. The van der Waals surface area contributed by atoms with E-state index < -0.39 is 36.2 Å². The second-order valence-corrected chi connectivity index (χ2v) is 35.2. The zero-order valence-corrected chi connectivity index (χ0v) is 64.8. The summed E-state index contributed by atoms with van der Waals surface area (Å²) in [5.74, 6) is 14.5. The van der Waals surface area contributed by atoms with E-state index in [4.69, 9.17) is 43.4 Å². The molecule has 9 saturated carbocycles. The van der Waals surface area contributed by atoms with Crippen molar-refractivity contribution in [3.8, 4) is 68.7 Å². The number of ether oxygens (including phenoxy) is 6. The first kappa shape index (κ1) is 77.1. The minimum atomic E-state index is -0.954. The van der Waals surface area contributed by atoms with Crippen LogP contribution in [0, 0.1) is 107 Å². The Labute approximate surface area is 628 Å². The molecule has 4 aromatic rings. The fourth-order valence-electron chi connectivity index (χ4n) is 23.4. The Balaban J connectivity index is 0.599. The minimum Gasteiger partial charge on any atom is -0.507 e. The number of phenolic OH excluding ortho intramolecular Hbond substituents is 3. The summed E-state index contributed by atoms with van der Waals surface area (Å²) < 4.78 is 35.3. The quantitative estimate of drug-likeness (QED) is 0.0220. The molecular formula is C90H129N3O12. The molecule has 105 heavy (non-hydrogen) atoms. The van der Waals surface area contributed by atoms with Crippen molar-refractivity contribution in [2.24, 2.45) is 107 Å². The molecule has 13 rings (SSSR count). The monoisotopic (exact) mass is 1440 g/mol. The number of phenols is 3. The van der Waals surface area contributed by atoms with Gasteiger partial charge in [0.1, 0.15) is 34.5 Å². The molecule has 21 atom stereocenters. The van der Waals surface area contributed by atoms with Gasteiger partial charge in [-0.25, -0.2) is 29.3 Å². The SMILES string of the molecule is CCC1CC(CCC2CCC(CCCOC(=O)C(C)Oc3ccc(-c4nc(-c5ccc(OC(C)C(=O)OCCCC6CCC(CCC7CC(CC)C8CCCC78)C6)cc5O)nc(-c5ccc(OC(C)C(=O)OCCCC6CCC(CCC7CC(CC)C8CCCC78)C6)cc5O)n4)c(O)c3)C2)C2CCCC12. The van der Waals surface area contributed by atoms with Gasteiger partial charge in [-0.15, -0.1) is 0 Å². The van der Waals surface area contributed by atoms with Gasteiger partial charge in [0.15, 0.2) is 35.8 Å². The van der Waals surface area contributed by atoms with Crippen molar-refractivity contribution in [2.75, 3.05) is 19.8 Å². The summed E-state index contributed by atoms with van der Waals surface area (Å²) in [5.41, 5.74) is 0.511. The van der Waals surface area contributed by atoms with Crippen LogP contribution in [0.3, 0.4) is 0 Å². The third kappa shape index (κ3) is 19.3. The number of esters is 3. The molecule has 21 unspecified atom stereocenters. The Morgan fingerprint density at radius 3 is 0.867 bits per heavy atom. The number of fused-ring (bicyclic) bond motifs is 3. The standard InChI is InChI=1S/C90H129N3O12/c1-7-64-49-67(76-22-10-19-73(64)76)34-31-61-28-25-58(46-61)16-13-43-100-88(97)55(4)103-70-37-40-79(82(94)52-70)85-91-86(80-41-38-71(53-83(80)95)104-56(5)89(98)101-44-14-17-59-26-29-62(47-59)32-35-68-50-65(8-2)74-20-11-23-77(68)74)93-87(92-85)81-42-39-72(54-84(81)96)105-57(6)90(99)102-45-15-18-60-27-30-63(48-60)33-36-69-51-66(9-3)75-21-12-24-78(69)75/h37-42,52-69,73-78,94-96H,7-36,43-51H2,1-6H3. The number of aromatic nitrogens is 3. The Morgan fingerprint density at radius 1 is 0.352 bits per heavy atom. The second kappa shape index (κ2) is 36.4. The maximum absolute atomic E-state index is 13.3. The summed E-state index contributed by atoms with van der Waals surface area (Å²) in [5, 5.41) is 35.1. The van der Waals surface area contributed by atoms with Crippen LogP contribution in [0.25, 0.3) is 34.2 Å². The van der Waals surface area contributed by atoms with Crippen LogP contribution < -0.4 is 14.2 Å². The Kier molecular flexibility index (Phi) is 26.7. The molecule has 1 aromatic heterocycles. The van der Waals surface area contributed by atoms with Gasteiger partial charge in [0.2, 0.25) is 0 Å². The van der Waals surface area contributed by atoms with Crippen molar-refractivity contribution in [3.05, 3.63) is 54.6 Å². The lowest BCUT2D eigenvalue weighted by atomic mass is 9.85. The fourth-order valence-corrected chi connectivity index (χ4v) is 23.4. The third-order valence-corrected chi connectivity index (χ3v) is 28.9. The highest BCUT2D eigenvalue weighted by molar-refractivity contribution is 5.77. The Hall–Kier alpha value is -6.12. The number of benzene rings is 3.